The molecule has 0 bridgehead atoms. The summed E-state index contributed by atoms with van der Waals surface area (Å²) in [5, 5.41) is 7.34. The van der Waals surface area contributed by atoms with Gasteiger partial charge in [-0.05, 0) is 12.0 Å². The molecule has 0 spiro atoms. The topological polar surface area (TPSA) is 62.5 Å². The maximum absolute atomic E-state index is 13.5. The zero-order valence-electron chi connectivity index (χ0n) is 17.2. The first-order chi connectivity index (χ1) is 13.7. The maximum atomic E-state index is 13.5. The third-order valence-electron chi connectivity index (χ3n) is 4.62. The number of anilines is 1. The SMILES string of the molecule is CCC(c1ccc(C(C)(F)F)cc1)n1nc(CF)c(C=O)c1NC(=NC)N(C)C. The van der Waals surface area contributed by atoms with Gasteiger partial charge in [0.25, 0.3) is 5.92 Å². The average Bonchev–Trinajstić information content (AvgIpc) is 3.03. The van der Waals surface area contributed by atoms with Crippen LogP contribution in [0.15, 0.2) is 29.3 Å². The molecule has 1 atom stereocenters. The van der Waals surface area contributed by atoms with Crippen LogP contribution in [0.5, 0.6) is 0 Å². The summed E-state index contributed by atoms with van der Waals surface area (Å²) in [5.41, 5.74) is 0.729. The van der Waals surface area contributed by atoms with Gasteiger partial charge in [-0.1, -0.05) is 31.2 Å². The van der Waals surface area contributed by atoms with Gasteiger partial charge in [0.15, 0.2) is 12.2 Å². The minimum Gasteiger partial charge on any atom is -0.349 e. The summed E-state index contributed by atoms with van der Waals surface area (Å²) in [6.07, 6.45) is 1.10. The molecule has 1 heterocycles. The molecular formula is C20H26F3N5O. The first-order valence-corrected chi connectivity index (χ1v) is 9.19. The number of hydrogen-bond acceptors (Lipinski definition) is 3. The first kappa shape index (κ1) is 22.4. The minimum atomic E-state index is -2.94. The molecule has 0 aliphatic rings. The van der Waals surface area contributed by atoms with Crippen LogP contribution in [0.1, 0.15) is 53.5 Å². The van der Waals surface area contributed by atoms with Crippen molar-refractivity contribution < 1.29 is 18.0 Å². The molecular weight excluding hydrogens is 383 g/mol. The maximum Gasteiger partial charge on any atom is 0.270 e. The van der Waals surface area contributed by atoms with E-state index in [2.05, 4.69) is 15.4 Å². The van der Waals surface area contributed by atoms with Gasteiger partial charge in [-0.3, -0.25) is 9.79 Å². The standard InChI is InChI=1S/C20H26F3N5O/c1-6-17(13-7-9-14(10-8-13)20(2,22)23)28-18(25-19(24-3)27(4)5)15(12-29)16(11-21)26-28/h7-10,12,17H,6,11H2,1-5H3,(H,24,25). The number of carbonyl (C=O) groups excluding carboxylic acids is 1. The lowest BCUT2D eigenvalue weighted by molar-refractivity contribution is 0.0174. The highest BCUT2D eigenvalue weighted by Gasteiger charge is 2.27. The number of aromatic nitrogens is 2. The fourth-order valence-electron chi connectivity index (χ4n) is 3.09. The number of halogens is 3. The van der Waals surface area contributed by atoms with E-state index in [0.717, 1.165) is 6.92 Å². The number of rotatable bonds is 7. The molecule has 158 valence electrons. The molecule has 0 aliphatic carbocycles. The van der Waals surface area contributed by atoms with Crippen molar-refractivity contribution in [3.05, 3.63) is 46.6 Å². The monoisotopic (exact) mass is 409 g/mol. The number of benzene rings is 1. The zero-order valence-corrected chi connectivity index (χ0v) is 17.2. The van der Waals surface area contributed by atoms with E-state index in [4.69, 9.17) is 0 Å². The van der Waals surface area contributed by atoms with E-state index in [1.165, 1.54) is 16.8 Å². The third-order valence-corrected chi connectivity index (χ3v) is 4.62. The van der Waals surface area contributed by atoms with Crippen molar-refractivity contribution in [3.63, 3.8) is 0 Å². The van der Waals surface area contributed by atoms with Crippen LogP contribution in [0.3, 0.4) is 0 Å². The lowest BCUT2D eigenvalue weighted by Gasteiger charge is -2.23. The van der Waals surface area contributed by atoms with Crippen molar-refractivity contribution in [2.45, 2.75) is 38.9 Å². The molecule has 0 aliphatic heterocycles. The second-order valence-electron chi connectivity index (χ2n) is 6.91. The smallest absolute Gasteiger partial charge is 0.270 e. The molecule has 1 unspecified atom stereocenters. The van der Waals surface area contributed by atoms with Crippen LogP contribution < -0.4 is 5.32 Å². The quantitative estimate of drug-likeness (QED) is 0.422. The highest BCUT2D eigenvalue weighted by Crippen LogP contribution is 2.32. The molecule has 0 saturated carbocycles. The van der Waals surface area contributed by atoms with E-state index >= 15 is 0 Å². The highest BCUT2D eigenvalue weighted by molar-refractivity contribution is 5.97. The Bertz CT molecular complexity index is 869. The summed E-state index contributed by atoms with van der Waals surface area (Å²) >= 11 is 0. The van der Waals surface area contributed by atoms with Crippen molar-refractivity contribution in [1.29, 1.82) is 0 Å². The van der Waals surface area contributed by atoms with E-state index in [-0.39, 0.29) is 16.8 Å². The van der Waals surface area contributed by atoms with Gasteiger partial charge in [-0.2, -0.15) is 5.10 Å². The van der Waals surface area contributed by atoms with Gasteiger partial charge in [-0.25, -0.2) is 17.9 Å². The Hall–Kier alpha value is -2.84. The van der Waals surface area contributed by atoms with Crippen LogP contribution in [0.25, 0.3) is 0 Å². The summed E-state index contributed by atoms with van der Waals surface area (Å²) < 4.78 is 42.1. The predicted molar refractivity (Wildman–Crippen MR) is 108 cm³/mol. The van der Waals surface area contributed by atoms with Crippen LogP contribution in [0.4, 0.5) is 19.0 Å². The molecule has 0 fully saturated rings. The molecule has 9 heteroatoms. The number of guanidine groups is 1. The number of alkyl halides is 3. The number of carbonyl (C=O) groups is 1. The lowest BCUT2D eigenvalue weighted by Crippen LogP contribution is -2.31. The summed E-state index contributed by atoms with van der Waals surface area (Å²) in [6.45, 7) is 1.83. The number of aldehydes is 1. The van der Waals surface area contributed by atoms with Crippen LogP contribution in [0.2, 0.25) is 0 Å². The van der Waals surface area contributed by atoms with E-state index in [1.807, 2.05) is 6.92 Å². The largest absolute Gasteiger partial charge is 0.349 e. The van der Waals surface area contributed by atoms with E-state index in [0.29, 0.717) is 30.0 Å². The molecule has 6 nitrogen and oxygen atoms in total. The summed E-state index contributed by atoms with van der Waals surface area (Å²) in [5.74, 6) is -2.18. The van der Waals surface area contributed by atoms with Gasteiger partial charge in [0.05, 0.1) is 11.6 Å². The van der Waals surface area contributed by atoms with Crippen molar-refractivity contribution >= 4 is 18.1 Å². The Labute approximate surface area is 168 Å². The van der Waals surface area contributed by atoms with Gasteiger partial charge in [0.2, 0.25) is 0 Å². The first-order valence-electron chi connectivity index (χ1n) is 9.19. The van der Waals surface area contributed by atoms with Crippen LogP contribution >= 0.6 is 0 Å². The van der Waals surface area contributed by atoms with Crippen LogP contribution in [-0.2, 0) is 12.6 Å². The Morgan fingerprint density at radius 2 is 1.97 bits per heavy atom. The second-order valence-corrected chi connectivity index (χ2v) is 6.91. The van der Waals surface area contributed by atoms with Crippen molar-refractivity contribution in [2.24, 2.45) is 4.99 Å². The number of aliphatic imine (C=N–C) groups is 1. The summed E-state index contributed by atoms with van der Waals surface area (Å²) in [6, 6.07) is 5.54. The van der Waals surface area contributed by atoms with E-state index in [1.54, 1.807) is 38.2 Å². The van der Waals surface area contributed by atoms with Gasteiger partial charge in [0.1, 0.15) is 18.2 Å². The predicted octanol–water partition coefficient (Wildman–Crippen LogP) is 4.24. The highest BCUT2D eigenvalue weighted by atomic mass is 19.3. The molecule has 1 aromatic carbocycles. The fraction of sp³-hybridized carbons (Fsp3) is 0.450. The van der Waals surface area contributed by atoms with Gasteiger partial charge >= 0.3 is 0 Å². The third kappa shape index (κ3) is 4.78. The lowest BCUT2D eigenvalue weighted by atomic mass is 10.0. The van der Waals surface area contributed by atoms with Gasteiger partial charge in [0, 0.05) is 33.6 Å². The molecule has 1 N–H and O–H groups in total. The molecule has 2 aromatic rings. The Balaban J connectivity index is 2.58. The van der Waals surface area contributed by atoms with Crippen molar-refractivity contribution in [1.82, 2.24) is 14.7 Å². The number of hydrogen-bond donors (Lipinski definition) is 1. The zero-order chi connectivity index (χ0) is 21.8. The van der Waals surface area contributed by atoms with Crippen LogP contribution in [0, 0.1) is 0 Å². The molecule has 1 aromatic heterocycles. The molecule has 0 radical (unpaired) electrons. The van der Waals surface area contributed by atoms with Crippen LogP contribution in [-0.4, -0.2) is 48.1 Å². The molecule has 0 amide bonds. The Kier molecular flexibility index (Phi) is 7.05. The van der Waals surface area contributed by atoms with Crippen molar-refractivity contribution in [2.75, 3.05) is 26.5 Å². The fourth-order valence-corrected chi connectivity index (χ4v) is 3.09. The Morgan fingerprint density at radius 3 is 2.38 bits per heavy atom. The number of nitrogens with zero attached hydrogens (tertiary/aromatic N) is 4. The van der Waals surface area contributed by atoms with E-state index in [9.17, 15) is 18.0 Å². The average molecular weight is 409 g/mol. The Morgan fingerprint density at radius 1 is 1.34 bits per heavy atom. The van der Waals surface area contributed by atoms with E-state index < -0.39 is 18.6 Å². The number of nitrogens with one attached hydrogen (secondary N) is 1. The summed E-state index contributed by atoms with van der Waals surface area (Å²) in [7, 11) is 5.13. The van der Waals surface area contributed by atoms with Crippen molar-refractivity contribution in [3.8, 4) is 0 Å². The second kappa shape index (κ2) is 9.11. The molecule has 2 rings (SSSR count). The summed E-state index contributed by atoms with van der Waals surface area (Å²) in [4.78, 5) is 17.5. The van der Waals surface area contributed by atoms with Gasteiger partial charge < -0.3 is 10.2 Å². The molecule has 0 saturated heterocycles. The normalized spacial score (nSPS) is 13.3. The molecule has 29 heavy (non-hydrogen) atoms. The minimum absolute atomic E-state index is 0.00636. The van der Waals surface area contributed by atoms with Gasteiger partial charge in [-0.15, -0.1) is 0 Å².